The first-order valence-corrected chi connectivity index (χ1v) is 6.20. The van der Waals surface area contributed by atoms with Gasteiger partial charge in [-0.1, -0.05) is 22.9 Å². The Morgan fingerprint density at radius 2 is 2.24 bits per heavy atom. The van der Waals surface area contributed by atoms with Gasteiger partial charge in [0.25, 0.3) is 0 Å². The van der Waals surface area contributed by atoms with Gasteiger partial charge in [-0.15, -0.1) is 0 Å². The number of hydrogen-bond donors (Lipinski definition) is 2. The largest absolute Gasteiger partial charge is 0.352 e. The van der Waals surface area contributed by atoms with E-state index in [4.69, 9.17) is 0 Å². The third-order valence-electron chi connectivity index (χ3n) is 2.42. The molecule has 1 aromatic rings. The van der Waals surface area contributed by atoms with Crippen molar-refractivity contribution in [2.45, 2.75) is 13.5 Å². The molecule has 0 fully saturated rings. The van der Waals surface area contributed by atoms with E-state index >= 15 is 0 Å². The highest BCUT2D eigenvalue weighted by Crippen LogP contribution is 2.17. The summed E-state index contributed by atoms with van der Waals surface area (Å²) in [5.41, 5.74) is 0.731. The molecule has 0 aliphatic carbocycles. The topological polar surface area (TPSA) is 41.1 Å². The minimum Gasteiger partial charge on any atom is -0.352 e. The lowest BCUT2D eigenvalue weighted by Gasteiger charge is -2.12. The molecule has 1 atom stereocenters. The van der Waals surface area contributed by atoms with Crippen molar-refractivity contribution in [3.63, 3.8) is 0 Å². The monoisotopic (exact) mass is 302 g/mol. The van der Waals surface area contributed by atoms with E-state index in [9.17, 15) is 9.18 Å². The number of nitrogens with one attached hydrogen (secondary N) is 2. The predicted molar refractivity (Wildman–Crippen MR) is 69.0 cm³/mol. The Labute approximate surface area is 109 Å². The van der Waals surface area contributed by atoms with E-state index < -0.39 is 0 Å². The van der Waals surface area contributed by atoms with E-state index in [1.807, 2.05) is 6.92 Å². The summed E-state index contributed by atoms with van der Waals surface area (Å²) >= 11 is 3.32. The van der Waals surface area contributed by atoms with Crippen LogP contribution in [0.1, 0.15) is 12.5 Å². The van der Waals surface area contributed by atoms with Gasteiger partial charge in [-0.2, -0.15) is 0 Å². The molecule has 0 aliphatic rings. The van der Waals surface area contributed by atoms with Crippen LogP contribution in [0.3, 0.4) is 0 Å². The number of carbonyl (C=O) groups is 1. The molecule has 5 heteroatoms. The Kier molecular flexibility index (Phi) is 5.58. The fourth-order valence-electron chi connectivity index (χ4n) is 1.43. The van der Waals surface area contributed by atoms with Crippen molar-refractivity contribution in [2.24, 2.45) is 5.92 Å². The predicted octanol–water partition coefficient (Wildman–Crippen LogP) is 2.06. The van der Waals surface area contributed by atoms with Gasteiger partial charge in [-0.25, -0.2) is 4.39 Å². The van der Waals surface area contributed by atoms with Crippen LogP contribution in [0.4, 0.5) is 4.39 Å². The summed E-state index contributed by atoms with van der Waals surface area (Å²) in [5, 5.41) is 5.71. The molecule has 1 rings (SSSR count). The molecule has 0 bridgehead atoms. The molecule has 0 saturated heterocycles. The minimum atomic E-state index is -0.305. The van der Waals surface area contributed by atoms with Crippen LogP contribution in [-0.4, -0.2) is 19.5 Å². The molecular formula is C12H16BrFN2O. The van der Waals surface area contributed by atoms with Crippen molar-refractivity contribution in [3.8, 4) is 0 Å². The first-order chi connectivity index (χ1) is 8.04. The molecule has 0 radical (unpaired) electrons. The van der Waals surface area contributed by atoms with E-state index in [0.29, 0.717) is 13.1 Å². The number of carbonyl (C=O) groups excluding carboxylic acids is 1. The Morgan fingerprint density at radius 1 is 1.53 bits per heavy atom. The summed E-state index contributed by atoms with van der Waals surface area (Å²) in [6.07, 6.45) is 0. The standard InChI is InChI=1S/C12H16BrFN2O/c1-8(6-15-2)12(17)16-7-9-5-10(14)3-4-11(9)13/h3-5,8,15H,6-7H2,1-2H3,(H,16,17). The van der Waals surface area contributed by atoms with E-state index in [2.05, 4.69) is 26.6 Å². The van der Waals surface area contributed by atoms with Gasteiger partial charge in [0.15, 0.2) is 0 Å². The first-order valence-electron chi connectivity index (χ1n) is 5.41. The summed E-state index contributed by atoms with van der Waals surface area (Å²) in [6.45, 7) is 2.79. The summed E-state index contributed by atoms with van der Waals surface area (Å²) in [5.74, 6) is -0.455. The molecule has 94 valence electrons. The van der Waals surface area contributed by atoms with Crippen LogP contribution in [0.5, 0.6) is 0 Å². The SMILES string of the molecule is CNCC(C)C(=O)NCc1cc(F)ccc1Br. The highest BCUT2D eigenvalue weighted by atomic mass is 79.9. The van der Waals surface area contributed by atoms with Crippen LogP contribution in [0, 0.1) is 11.7 Å². The molecule has 0 aromatic heterocycles. The van der Waals surface area contributed by atoms with Gasteiger partial charge >= 0.3 is 0 Å². The van der Waals surface area contributed by atoms with Gasteiger partial charge in [0.1, 0.15) is 5.82 Å². The maximum atomic E-state index is 13.0. The van der Waals surface area contributed by atoms with E-state index in [0.717, 1.165) is 10.0 Å². The number of halogens is 2. The van der Waals surface area contributed by atoms with E-state index in [1.54, 1.807) is 13.1 Å². The highest BCUT2D eigenvalue weighted by molar-refractivity contribution is 9.10. The highest BCUT2D eigenvalue weighted by Gasteiger charge is 2.11. The van der Waals surface area contributed by atoms with Gasteiger partial charge in [0.05, 0.1) is 0 Å². The molecule has 1 amide bonds. The fourth-order valence-corrected chi connectivity index (χ4v) is 1.82. The van der Waals surface area contributed by atoms with Crippen molar-refractivity contribution in [2.75, 3.05) is 13.6 Å². The van der Waals surface area contributed by atoms with Crippen LogP contribution in [-0.2, 0) is 11.3 Å². The zero-order chi connectivity index (χ0) is 12.8. The molecular weight excluding hydrogens is 287 g/mol. The summed E-state index contributed by atoms with van der Waals surface area (Å²) < 4.78 is 13.8. The summed E-state index contributed by atoms with van der Waals surface area (Å²) in [4.78, 5) is 11.6. The molecule has 1 aromatic carbocycles. The minimum absolute atomic E-state index is 0.0458. The van der Waals surface area contributed by atoms with Crippen LogP contribution in [0.15, 0.2) is 22.7 Å². The van der Waals surface area contributed by atoms with Crippen molar-refractivity contribution >= 4 is 21.8 Å². The van der Waals surface area contributed by atoms with Gasteiger partial charge < -0.3 is 10.6 Å². The number of amides is 1. The second-order valence-electron chi connectivity index (χ2n) is 3.91. The average Bonchev–Trinajstić information content (AvgIpc) is 2.30. The zero-order valence-corrected chi connectivity index (χ0v) is 11.5. The van der Waals surface area contributed by atoms with Gasteiger partial charge in [0.2, 0.25) is 5.91 Å². The summed E-state index contributed by atoms with van der Waals surface area (Å²) in [7, 11) is 1.80. The van der Waals surface area contributed by atoms with Crippen molar-refractivity contribution < 1.29 is 9.18 Å². The number of hydrogen-bond acceptors (Lipinski definition) is 2. The third-order valence-corrected chi connectivity index (χ3v) is 3.19. The molecule has 17 heavy (non-hydrogen) atoms. The molecule has 0 heterocycles. The van der Waals surface area contributed by atoms with Gasteiger partial charge in [0, 0.05) is 23.5 Å². The lowest BCUT2D eigenvalue weighted by atomic mass is 10.1. The summed E-state index contributed by atoms with van der Waals surface area (Å²) in [6, 6.07) is 4.42. The maximum absolute atomic E-state index is 13.0. The first kappa shape index (κ1) is 14.1. The Bertz CT molecular complexity index is 398. The van der Waals surface area contributed by atoms with E-state index in [-0.39, 0.29) is 17.6 Å². The smallest absolute Gasteiger partial charge is 0.224 e. The van der Waals surface area contributed by atoms with Crippen LogP contribution in [0.2, 0.25) is 0 Å². The lowest BCUT2D eigenvalue weighted by Crippen LogP contribution is -2.33. The average molecular weight is 303 g/mol. The Hall–Kier alpha value is -0.940. The van der Waals surface area contributed by atoms with Crippen molar-refractivity contribution in [1.82, 2.24) is 10.6 Å². The van der Waals surface area contributed by atoms with Gasteiger partial charge in [-0.3, -0.25) is 4.79 Å². The molecule has 1 unspecified atom stereocenters. The zero-order valence-electron chi connectivity index (χ0n) is 9.89. The third kappa shape index (κ3) is 4.44. The second kappa shape index (κ2) is 6.71. The van der Waals surface area contributed by atoms with Crippen LogP contribution in [0.25, 0.3) is 0 Å². The van der Waals surface area contributed by atoms with Crippen molar-refractivity contribution in [1.29, 1.82) is 0 Å². The number of rotatable bonds is 5. The maximum Gasteiger partial charge on any atom is 0.224 e. The van der Waals surface area contributed by atoms with Crippen LogP contribution < -0.4 is 10.6 Å². The Balaban J connectivity index is 2.55. The fraction of sp³-hybridized carbons (Fsp3) is 0.417. The second-order valence-corrected chi connectivity index (χ2v) is 4.77. The Morgan fingerprint density at radius 3 is 2.88 bits per heavy atom. The molecule has 0 saturated carbocycles. The number of benzene rings is 1. The molecule has 3 nitrogen and oxygen atoms in total. The molecule has 0 spiro atoms. The molecule has 2 N–H and O–H groups in total. The van der Waals surface area contributed by atoms with E-state index in [1.165, 1.54) is 12.1 Å². The lowest BCUT2D eigenvalue weighted by molar-refractivity contribution is -0.124. The van der Waals surface area contributed by atoms with Crippen molar-refractivity contribution in [3.05, 3.63) is 34.1 Å². The molecule has 0 aliphatic heterocycles. The van der Waals surface area contributed by atoms with Crippen LogP contribution >= 0.6 is 15.9 Å². The normalized spacial score (nSPS) is 12.2. The quantitative estimate of drug-likeness (QED) is 0.874. The van der Waals surface area contributed by atoms with Gasteiger partial charge in [-0.05, 0) is 30.8 Å².